The van der Waals surface area contributed by atoms with Crippen LogP contribution in [-0.4, -0.2) is 31.4 Å². The number of H-pyrrole nitrogens is 1. The second kappa shape index (κ2) is 5.46. The molecule has 8 nitrogen and oxygen atoms in total. The van der Waals surface area contributed by atoms with E-state index in [0.717, 1.165) is 16.0 Å². The van der Waals surface area contributed by atoms with E-state index in [1.807, 2.05) is 28.8 Å². The Labute approximate surface area is 139 Å². The fourth-order valence-corrected chi connectivity index (χ4v) is 3.32. The van der Waals surface area contributed by atoms with Crippen molar-refractivity contribution in [2.75, 3.05) is 0 Å². The summed E-state index contributed by atoms with van der Waals surface area (Å²) in [6.07, 6.45) is 3.30. The molecule has 0 aliphatic heterocycles. The van der Waals surface area contributed by atoms with Crippen molar-refractivity contribution in [2.45, 2.75) is 6.92 Å². The Hall–Kier alpha value is -3.20. The minimum Gasteiger partial charge on any atom is -0.299 e. The first kappa shape index (κ1) is 14.4. The molecule has 0 unspecified atom stereocenters. The summed E-state index contributed by atoms with van der Waals surface area (Å²) in [6, 6.07) is 7.47. The van der Waals surface area contributed by atoms with Gasteiger partial charge in [0.15, 0.2) is 0 Å². The van der Waals surface area contributed by atoms with Gasteiger partial charge in [0.25, 0.3) is 11.8 Å². The van der Waals surface area contributed by atoms with Gasteiger partial charge >= 0.3 is 0 Å². The summed E-state index contributed by atoms with van der Waals surface area (Å²) in [7, 11) is 0. The van der Waals surface area contributed by atoms with Crippen LogP contribution in [0.25, 0.3) is 16.0 Å². The van der Waals surface area contributed by atoms with Crippen molar-refractivity contribution in [2.24, 2.45) is 0 Å². The maximum Gasteiger partial charge on any atom is 0.279 e. The summed E-state index contributed by atoms with van der Waals surface area (Å²) in [4.78, 5) is 29.9. The zero-order valence-corrected chi connectivity index (χ0v) is 13.3. The smallest absolute Gasteiger partial charge is 0.279 e. The Kier molecular flexibility index (Phi) is 3.28. The van der Waals surface area contributed by atoms with Crippen LogP contribution in [0.15, 0.2) is 36.7 Å². The highest BCUT2D eigenvalue weighted by Crippen LogP contribution is 2.26. The Morgan fingerprint density at radius 2 is 2.08 bits per heavy atom. The number of hydrogen-bond donors (Lipinski definition) is 3. The average molecular weight is 340 g/mol. The molecular weight excluding hydrogens is 328 g/mol. The molecule has 0 aliphatic rings. The van der Waals surface area contributed by atoms with Gasteiger partial charge in [-0.25, -0.2) is 4.98 Å². The second-order valence-electron chi connectivity index (χ2n) is 5.16. The van der Waals surface area contributed by atoms with Crippen molar-refractivity contribution in [1.29, 1.82) is 0 Å². The first-order chi connectivity index (χ1) is 11.6. The maximum absolute atomic E-state index is 12.2. The van der Waals surface area contributed by atoms with E-state index in [4.69, 9.17) is 0 Å². The Bertz CT molecular complexity index is 1080. The van der Waals surface area contributed by atoms with E-state index in [-0.39, 0.29) is 0 Å². The Morgan fingerprint density at radius 3 is 2.88 bits per heavy atom. The number of imidazole rings is 1. The quantitative estimate of drug-likeness (QED) is 0.483. The second-order valence-corrected chi connectivity index (χ2v) is 6.19. The summed E-state index contributed by atoms with van der Waals surface area (Å²) in [5, 5.41) is 6.44. The summed E-state index contributed by atoms with van der Waals surface area (Å²) in [6.45, 7) is 1.73. The highest BCUT2D eigenvalue weighted by molar-refractivity contribution is 7.20. The normalized spacial score (nSPS) is 11.0. The number of carbonyl (C=O) groups excluding carboxylic acids is 2. The van der Waals surface area contributed by atoms with E-state index in [9.17, 15) is 9.59 Å². The van der Waals surface area contributed by atoms with Gasteiger partial charge in [-0.15, -0.1) is 11.3 Å². The number of hydrazine groups is 1. The molecule has 4 aromatic heterocycles. The molecule has 24 heavy (non-hydrogen) atoms. The molecule has 3 N–H and O–H groups in total. The monoisotopic (exact) mass is 340 g/mol. The zero-order chi connectivity index (χ0) is 16.7. The third kappa shape index (κ3) is 2.31. The largest absolute Gasteiger partial charge is 0.299 e. The van der Waals surface area contributed by atoms with Gasteiger partial charge in [-0.1, -0.05) is 6.07 Å². The van der Waals surface area contributed by atoms with Gasteiger partial charge in [0.2, 0.25) is 0 Å². The van der Waals surface area contributed by atoms with E-state index < -0.39 is 11.8 Å². The number of pyridine rings is 1. The molecular formula is C15H12N6O2S. The lowest BCUT2D eigenvalue weighted by atomic mass is 10.2. The standard InChI is InChI=1S/C15H12N6O2S/c1-8-9(7-16-18-8)13(22)19-20-14(23)11-6-10-15(24-11)17-12-4-2-3-5-21(10)12/h2-7H,1H3,(H,16,18)(H,19,22)(H,20,23). The minimum atomic E-state index is -0.428. The lowest BCUT2D eigenvalue weighted by Crippen LogP contribution is -2.41. The van der Waals surface area contributed by atoms with Gasteiger partial charge in [0.1, 0.15) is 10.5 Å². The molecule has 0 bridgehead atoms. The molecule has 120 valence electrons. The molecule has 0 atom stereocenters. The number of aromatic nitrogens is 4. The molecule has 0 fully saturated rings. The van der Waals surface area contributed by atoms with Crippen molar-refractivity contribution in [1.82, 2.24) is 30.4 Å². The Morgan fingerprint density at radius 1 is 1.25 bits per heavy atom. The fraction of sp³-hybridized carbons (Fsp3) is 0.0667. The van der Waals surface area contributed by atoms with Crippen LogP contribution in [-0.2, 0) is 0 Å². The van der Waals surface area contributed by atoms with Crippen LogP contribution in [0.1, 0.15) is 25.7 Å². The summed E-state index contributed by atoms with van der Waals surface area (Å²) < 4.78 is 1.91. The van der Waals surface area contributed by atoms with Crippen LogP contribution in [0.2, 0.25) is 0 Å². The molecule has 4 heterocycles. The highest BCUT2D eigenvalue weighted by Gasteiger charge is 2.16. The van der Waals surface area contributed by atoms with Crippen molar-refractivity contribution in [3.63, 3.8) is 0 Å². The number of nitrogens with zero attached hydrogens (tertiary/aromatic N) is 3. The minimum absolute atomic E-state index is 0.378. The molecule has 0 aliphatic carbocycles. The van der Waals surface area contributed by atoms with Crippen LogP contribution in [0.4, 0.5) is 0 Å². The van der Waals surface area contributed by atoms with Crippen molar-refractivity contribution in [3.05, 3.63) is 52.8 Å². The number of aromatic amines is 1. The summed E-state index contributed by atoms with van der Waals surface area (Å²) in [5.41, 5.74) is 7.48. The number of fused-ring (bicyclic) bond motifs is 3. The summed E-state index contributed by atoms with van der Waals surface area (Å²) >= 11 is 1.27. The first-order valence-corrected chi connectivity index (χ1v) is 7.92. The first-order valence-electron chi connectivity index (χ1n) is 7.11. The fourth-order valence-electron chi connectivity index (χ4n) is 2.39. The molecule has 4 rings (SSSR count). The van der Waals surface area contributed by atoms with E-state index in [1.54, 1.807) is 13.0 Å². The molecule has 0 aromatic carbocycles. The van der Waals surface area contributed by atoms with Gasteiger partial charge in [-0.05, 0) is 25.1 Å². The number of hydrogen-bond acceptors (Lipinski definition) is 5. The molecule has 0 saturated heterocycles. The van der Waals surface area contributed by atoms with E-state index in [2.05, 4.69) is 26.0 Å². The van der Waals surface area contributed by atoms with E-state index in [1.165, 1.54) is 17.5 Å². The van der Waals surface area contributed by atoms with Crippen LogP contribution in [0.5, 0.6) is 0 Å². The zero-order valence-electron chi connectivity index (χ0n) is 12.5. The van der Waals surface area contributed by atoms with Crippen LogP contribution in [0, 0.1) is 6.92 Å². The predicted molar refractivity (Wildman–Crippen MR) is 88.8 cm³/mol. The number of amides is 2. The third-order valence-corrected chi connectivity index (χ3v) is 4.61. The SMILES string of the molecule is Cc1[nH]ncc1C(=O)NNC(=O)c1cc2c(nc3ccccn32)s1. The molecule has 2 amide bonds. The van der Waals surface area contributed by atoms with Gasteiger partial charge < -0.3 is 0 Å². The van der Waals surface area contributed by atoms with Crippen molar-refractivity contribution < 1.29 is 9.59 Å². The highest BCUT2D eigenvalue weighted by atomic mass is 32.1. The predicted octanol–water partition coefficient (Wildman–Crippen LogP) is 1.66. The molecule has 4 aromatic rings. The lowest BCUT2D eigenvalue weighted by Gasteiger charge is -2.05. The van der Waals surface area contributed by atoms with Gasteiger partial charge in [0.05, 0.1) is 22.2 Å². The topological polar surface area (TPSA) is 104 Å². The number of rotatable bonds is 2. The van der Waals surface area contributed by atoms with Crippen LogP contribution < -0.4 is 10.9 Å². The van der Waals surface area contributed by atoms with Crippen LogP contribution >= 0.6 is 11.3 Å². The van der Waals surface area contributed by atoms with Crippen molar-refractivity contribution in [3.8, 4) is 0 Å². The molecule has 0 spiro atoms. The van der Waals surface area contributed by atoms with E-state index in [0.29, 0.717) is 16.1 Å². The van der Waals surface area contributed by atoms with Gasteiger partial charge in [-0.3, -0.25) is 29.9 Å². The summed E-state index contributed by atoms with van der Waals surface area (Å²) in [5.74, 6) is -0.819. The number of nitrogens with one attached hydrogen (secondary N) is 3. The number of thiophene rings is 1. The maximum atomic E-state index is 12.2. The molecule has 0 radical (unpaired) electrons. The van der Waals surface area contributed by atoms with Gasteiger partial charge in [-0.2, -0.15) is 5.10 Å². The Balaban J connectivity index is 1.53. The lowest BCUT2D eigenvalue weighted by molar-refractivity contribution is 0.0848. The number of aryl methyl sites for hydroxylation is 1. The molecule has 0 saturated carbocycles. The van der Waals surface area contributed by atoms with Crippen molar-refractivity contribution >= 4 is 39.1 Å². The van der Waals surface area contributed by atoms with Crippen LogP contribution in [0.3, 0.4) is 0 Å². The average Bonchev–Trinajstić information content (AvgIpc) is 3.26. The third-order valence-electron chi connectivity index (χ3n) is 3.60. The van der Waals surface area contributed by atoms with E-state index >= 15 is 0 Å². The number of carbonyl (C=O) groups is 2. The van der Waals surface area contributed by atoms with Gasteiger partial charge in [0, 0.05) is 11.9 Å². The molecule has 9 heteroatoms.